The van der Waals surface area contributed by atoms with E-state index in [4.69, 9.17) is 0 Å². The Labute approximate surface area is 115 Å². The smallest absolute Gasteiger partial charge is 0.152 e. The van der Waals surface area contributed by atoms with E-state index in [0.717, 1.165) is 17.0 Å². The number of hydrogen-bond acceptors (Lipinski definition) is 4. The lowest BCUT2D eigenvalue weighted by molar-refractivity contribution is 0.172. The molecule has 6 heteroatoms. The summed E-state index contributed by atoms with van der Waals surface area (Å²) in [5, 5.41) is 14.3. The predicted molar refractivity (Wildman–Crippen MR) is 75.9 cm³/mol. The average molecular weight is 288 g/mol. The maximum atomic E-state index is 11.7. The van der Waals surface area contributed by atoms with Gasteiger partial charge in [-0.15, -0.1) is 0 Å². The number of aliphatic hydroxyl groups is 1. The lowest BCUT2D eigenvalue weighted by atomic mass is 10.1. The topological polar surface area (TPSA) is 72.2 Å². The summed E-state index contributed by atoms with van der Waals surface area (Å²) in [5.41, 5.74) is 2.47. The molecule has 1 aromatic rings. The van der Waals surface area contributed by atoms with Crippen molar-refractivity contribution in [2.75, 3.05) is 11.5 Å². The molecule has 0 radical (unpaired) electrons. The van der Waals surface area contributed by atoms with Crippen molar-refractivity contribution in [3.63, 3.8) is 0 Å². The van der Waals surface area contributed by atoms with Crippen LogP contribution in [-0.2, 0) is 16.4 Å². The number of hydrogen-bond donors (Lipinski definition) is 1. The Hall–Kier alpha value is -0.880. The molecule has 0 aliphatic heterocycles. The van der Waals surface area contributed by atoms with Crippen LogP contribution in [0.1, 0.15) is 49.7 Å². The van der Waals surface area contributed by atoms with Crippen LogP contribution in [0.25, 0.3) is 0 Å². The molecule has 110 valence electrons. The van der Waals surface area contributed by atoms with E-state index < -0.39 is 15.9 Å². The van der Waals surface area contributed by atoms with E-state index in [2.05, 4.69) is 5.10 Å². The normalized spacial score (nSPS) is 13.7. The zero-order chi connectivity index (χ0) is 14.6. The first-order chi connectivity index (χ1) is 8.82. The van der Waals surface area contributed by atoms with Gasteiger partial charge in [-0.3, -0.25) is 4.68 Å². The number of aryl methyl sites for hydroxylation is 2. The molecule has 19 heavy (non-hydrogen) atoms. The summed E-state index contributed by atoms with van der Waals surface area (Å²) in [6.07, 6.45) is 0.738. The van der Waals surface area contributed by atoms with Gasteiger partial charge in [0.15, 0.2) is 9.84 Å². The van der Waals surface area contributed by atoms with E-state index in [-0.39, 0.29) is 11.5 Å². The minimum absolute atomic E-state index is 0.102. The van der Waals surface area contributed by atoms with Gasteiger partial charge in [-0.1, -0.05) is 13.8 Å². The first-order valence-corrected chi connectivity index (χ1v) is 8.56. The van der Waals surface area contributed by atoms with Crippen molar-refractivity contribution < 1.29 is 13.5 Å². The third-order valence-corrected chi connectivity index (χ3v) is 5.12. The molecule has 0 spiro atoms. The Morgan fingerprint density at radius 1 is 1.26 bits per heavy atom. The summed E-state index contributed by atoms with van der Waals surface area (Å²) >= 11 is 0. The number of rotatable bonds is 7. The number of nitrogens with zero attached hydrogens (tertiary/aromatic N) is 2. The van der Waals surface area contributed by atoms with Crippen LogP contribution < -0.4 is 0 Å². The molecule has 1 atom stereocenters. The quantitative estimate of drug-likeness (QED) is 0.830. The molecule has 0 aliphatic rings. The highest BCUT2D eigenvalue weighted by Crippen LogP contribution is 2.23. The summed E-state index contributed by atoms with van der Waals surface area (Å²) in [4.78, 5) is 0. The van der Waals surface area contributed by atoms with Crippen molar-refractivity contribution in [1.82, 2.24) is 9.78 Å². The van der Waals surface area contributed by atoms with Crippen LogP contribution in [0.4, 0.5) is 0 Å². The summed E-state index contributed by atoms with van der Waals surface area (Å²) in [5.74, 6) is 0.321. The summed E-state index contributed by atoms with van der Waals surface area (Å²) in [6.45, 7) is 7.84. The molecule has 0 fully saturated rings. The molecule has 0 saturated carbocycles. The summed E-state index contributed by atoms with van der Waals surface area (Å²) < 4.78 is 25.1. The van der Waals surface area contributed by atoms with Gasteiger partial charge in [0, 0.05) is 17.0 Å². The van der Waals surface area contributed by atoms with Gasteiger partial charge >= 0.3 is 0 Å². The summed E-state index contributed by atoms with van der Waals surface area (Å²) in [6, 6.07) is 0. The van der Waals surface area contributed by atoms with Gasteiger partial charge in [0.25, 0.3) is 0 Å². The zero-order valence-corrected chi connectivity index (χ0v) is 13.0. The van der Waals surface area contributed by atoms with Crippen molar-refractivity contribution in [3.05, 3.63) is 17.0 Å². The van der Waals surface area contributed by atoms with Gasteiger partial charge in [-0.25, -0.2) is 8.42 Å². The molecule has 0 aromatic carbocycles. The first kappa shape index (κ1) is 16.2. The Morgan fingerprint density at radius 3 is 2.42 bits per heavy atom. The molecule has 1 aromatic heterocycles. The van der Waals surface area contributed by atoms with Gasteiger partial charge in [0.05, 0.1) is 24.1 Å². The maximum absolute atomic E-state index is 11.7. The van der Waals surface area contributed by atoms with Crippen molar-refractivity contribution in [2.45, 2.75) is 53.2 Å². The van der Waals surface area contributed by atoms with Gasteiger partial charge in [0.1, 0.15) is 0 Å². The van der Waals surface area contributed by atoms with Crippen LogP contribution in [0.2, 0.25) is 0 Å². The fraction of sp³-hybridized carbons (Fsp3) is 0.769. The molecule has 1 heterocycles. The Morgan fingerprint density at radius 2 is 1.89 bits per heavy atom. The van der Waals surface area contributed by atoms with Crippen molar-refractivity contribution in [2.24, 2.45) is 0 Å². The number of sulfone groups is 1. The van der Waals surface area contributed by atoms with E-state index in [1.807, 2.05) is 27.7 Å². The monoisotopic (exact) mass is 288 g/mol. The highest BCUT2D eigenvalue weighted by molar-refractivity contribution is 7.91. The second kappa shape index (κ2) is 6.52. The molecule has 1 unspecified atom stereocenters. The van der Waals surface area contributed by atoms with Gasteiger partial charge in [-0.2, -0.15) is 5.10 Å². The minimum Gasteiger partial charge on any atom is -0.388 e. The molecule has 1 N–H and O–H groups in total. The van der Waals surface area contributed by atoms with E-state index >= 15 is 0 Å². The van der Waals surface area contributed by atoms with Crippen molar-refractivity contribution in [3.8, 4) is 0 Å². The molecular formula is C13H24N2O3S. The average Bonchev–Trinajstić information content (AvgIpc) is 2.61. The largest absolute Gasteiger partial charge is 0.388 e. The fourth-order valence-corrected chi connectivity index (χ4v) is 3.53. The Bertz CT molecular complexity index is 520. The van der Waals surface area contributed by atoms with E-state index in [1.54, 1.807) is 4.68 Å². The van der Waals surface area contributed by atoms with Crippen LogP contribution in [0.15, 0.2) is 0 Å². The molecule has 0 amide bonds. The number of aliphatic hydroxyl groups excluding tert-OH is 1. The third kappa shape index (κ3) is 4.04. The molecule has 0 saturated heterocycles. The first-order valence-electron chi connectivity index (χ1n) is 6.74. The number of aromatic nitrogens is 2. The van der Waals surface area contributed by atoms with Gasteiger partial charge in [-0.05, 0) is 26.7 Å². The van der Waals surface area contributed by atoms with Crippen LogP contribution in [0, 0.1) is 13.8 Å². The molecule has 5 nitrogen and oxygen atoms in total. The van der Waals surface area contributed by atoms with Gasteiger partial charge < -0.3 is 5.11 Å². The van der Waals surface area contributed by atoms with Crippen molar-refractivity contribution >= 4 is 9.84 Å². The van der Waals surface area contributed by atoms with E-state index in [1.165, 1.54) is 0 Å². The van der Waals surface area contributed by atoms with E-state index in [0.29, 0.717) is 19.4 Å². The standard InChI is InChI=1S/C13H24N2O3S/c1-5-8-19(17,18)9-7-15-11(4)13(10(3)14-15)12(16)6-2/h12,16H,5-9H2,1-4H3. The fourth-order valence-electron chi connectivity index (χ4n) is 2.25. The second-order valence-corrected chi connectivity index (χ2v) is 7.19. The molecule has 1 rings (SSSR count). The van der Waals surface area contributed by atoms with Crippen LogP contribution in [0.3, 0.4) is 0 Å². The van der Waals surface area contributed by atoms with E-state index in [9.17, 15) is 13.5 Å². The third-order valence-electron chi connectivity index (χ3n) is 3.29. The highest BCUT2D eigenvalue weighted by Gasteiger charge is 2.18. The zero-order valence-electron chi connectivity index (χ0n) is 12.2. The maximum Gasteiger partial charge on any atom is 0.152 e. The lowest BCUT2D eigenvalue weighted by Crippen LogP contribution is -2.17. The highest BCUT2D eigenvalue weighted by atomic mass is 32.2. The molecule has 0 bridgehead atoms. The Balaban J connectivity index is 2.87. The predicted octanol–water partition coefficient (Wildman–Crippen LogP) is 1.77. The summed E-state index contributed by atoms with van der Waals surface area (Å²) in [7, 11) is -3.00. The molecule has 0 aliphatic carbocycles. The van der Waals surface area contributed by atoms with Gasteiger partial charge in [0.2, 0.25) is 0 Å². The van der Waals surface area contributed by atoms with Crippen LogP contribution >= 0.6 is 0 Å². The lowest BCUT2D eigenvalue weighted by Gasteiger charge is -2.09. The van der Waals surface area contributed by atoms with Crippen LogP contribution in [0.5, 0.6) is 0 Å². The SMILES string of the molecule is CCCS(=O)(=O)CCn1nc(C)c(C(O)CC)c1C. The Kier molecular flexibility index (Phi) is 5.55. The van der Waals surface area contributed by atoms with Crippen LogP contribution in [-0.4, -0.2) is 34.8 Å². The minimum atomic E-state index is -3.00. The second-order valence-electron chi connectivity index (χ2n) is 4.88. The molecular weight excluding hydrogens is 264 g/mol. The van der Waals surface area contributed by atoms with Crippen molar-refractivity contribution in [1.29, 1.82) is 0 Å².